The summed E-state index contributed by atoms with van der Waals surface area (Å²) in [6.45, 7) is 5.59. The van der Waals surface area contributed by atoms with Crippen LogP contribution in [0.5, 0.6) is 0 Å². The fourth-order valence-electron chi connectivity index (χ4n) is 3.87. The lowest BCUT2D eigenvalue weighted by Gasteiger charge is -2.40. The Morgan fingerprint density at radius 2 is 2.00 bits per heavy atom. The van der Waals surface area contributed by atoms with Gasteiger partial charge in [0.05, 0.1) is 49.2 Å². The number of fused-ring (bicyclic) bond motifs is 1. The first-order valence-corrected chi connectivity index (χ1v) is 10.4. The van der Waals surface area contributed by atoms with Crippen molar-refractivity contribution in [2.75, 3.05) is 30.4 Å². The van der Waals surface area contributed by atoms with E-state index in [0.717, 1.165) is 49.7 Å². The van der Waals surface area contributed by atoms with Crippen LogP contribution >= 0.6 is 0 Å². The van der Waals surface area contributed by atoms with Crippen LogP contribution in [0.3, 0.4) is 0 Å². The highest BCUT2D eigenvalue weighted by Gasteiger charge is 2.28. The minimum atomic E-state index is -0.386. The smallest absolute Gasteiger partial charge is 0.324 e. The van der Waals surface area contributed by atoms with Crippen molar-refractivity contribution in [2.24, 2.45) is 0 Å². The Kier molecular flexibility index (Phi) is 5.31. The number of urea groups is 1. The molecule has 4 heterocycles. The van der Waals surface area contributed by atoms with Crippen molar-refractivity contribution in [2.45, 2.75) is 25.9 Å². The summed E-state index contributed by atoms with van der Waals surface area (Å²) in [6.07, 6.45) is 5.88. The number of hydrogen-bond acceptors (Lipinski definition) is 6. The third-order valence-electron chi connectivity index (χ3n) is 5.73. The summed E-state index contributed by atoms with van der Waals surface area (Å²) in [5.41, 5.74) is 5.93. The number of amides is 2. The molecular weight excluding hydrogens is 392 g/mol. The molecule has 2 amide bonds. The van der Waals surface area contributed by atoms with Crippen molar-refractivity contribution in [3.05, 3.63) is 65.7 Å². The van der Waals surface area contributed by atoms with Gasteiger partial charge in [0.2, 0.25) is 0 Å². The number of anilines is 2. The van der Waals surface area contributed by atoms with E-state index in [1.807, 2.05) is 13.0 Å². The molecule has 31 heavy (non-hydrogen) atoms. The van der Waals surface area contributed by atoms with Crippen molar-refractivity contribution in [3.63, 3.8) is 0 Å². The van der Waals surface area contributed by atoms with Crippen LogP contribution in [0.1, 0.15) is 16.8 Å². The summed E-state index contributed by atoms with van der Waals surface area (Å²) in [7, 11) is 0. The van der Waals surface area contributed by atoms with Crippen LogP contribution < -0.4 is 10.6 Å². The van der Waals surface area contributed by atoms with Gasteiger partial charge in [-0.25, -0.2) is 9.78 Å². The summed E-state index contributed by atoms with van der Waals surface area (Å²) in [5, 5.41) is 5.49. The third kappa shape index (κ3) is 4.40. The molecule has 2 aromatic heterocycles. The molecule has 0 atom stereocenters. The molecule has 158 valence electrons. The second-order valence-electron chi connectivity index (χ2n) is 7.95. The number of nitrogens with zero attached hydrogens (tertiary/aromatic N) is 4. The molecule has 2 aliphatic rings. The molecule has 0 radical (unpaired) electrons. The second-order valence-corrected chi connectivity index (χ2v) is 7.95. The summed E-state index contributed by atoms with van der Waals surface area (Å²) in [6, 6.07) is 10.3. The number of aryl methyl sites for hydroxylation is 1. The number of nitrogens with one attached hydrogen (secondary N) is 2. The first-order valence-electron chi connectivity index (χ1n) is 10.4. The maximum Gasteiger partial charge on any atom is 0.324 e. The minimum Gasteiger partial charge on any atom is -0.378 e. The van der Waals surface area contributed by atoms with Crippen LogP contribution in [0.4, 0.5) is 16.3 Å². The monoisotopic (exact) mass is 416 g/mol. The molecule has 8 nitrogen and oxygen atoms in total. The number of hydrogen-bond donors (Lipinski definition) is 2. The van der Waals surface area contributed by atoms with Crippen LogP contribution in [-0.4, -0.2) is 51.7 Å². The predicted molar refractivity (Wildman–Crippen MR) is 118 cm³/mol. The summed E-state index contributed by atoms with van der Waals surface area (Å²) >= 11 is 0. The third-order valence-corrected chi connectivity index (χ3v) is 5.73. The van der Waals surface area contributed by atoms with Gasteiger partial charge in [0.15, 0.2) is 5.82 Å². The van der Waals surface area contributed by atoms with Crippen LogP contribution in [-0.2, 0) is 17.7 Å². The molecule has 8 heteroatoms. The Hall–Kier alpha value is -3.36. The number of carbonyl (C=O) groups excluding carboxylic acids is 1. The first-order chi connectivity index (χ1) is 15.1. The van der Waals surface area contributed by atoms with Crippen LogP contribution in [0.15, 0.2) is 48.9 Å². The standard InChI is InChI=1S/C23H24N6O2/c1-15-2-5-19(9-25-15)26-23(30)28-22-11-24-10-21(27-22)17-3-4-18-12-29(20-13-31-14-20)7-6-16(18)8-17/h2-5,8-11,20H,6-7,12-14H2,1H3,(H2,26,27,28,30). The zero-order valence-corrected chi connectivity index (χ0v) is 17.3. The number of carbonyl (C=O) groups is 1. The largest absolute Gasteiger partial charge is 0.378 e. The summed E-state index contributed by atoms with van der Waals surface area (Å²) in [5.74, 6) is 0.393. The van der Waals surface area contributed by atoms with E-state index >= 15 is 0 Å². The Morgan fingerprint density at radius 1 is 1.10 bits per heavy atom. The van der Waals surface area contributed by atoms with Crippen molar-refractivity contribution >= 4 is 17.5 Å². The molecule has 2 aliphatic heterocycles. The van der Waals surface area contributed by atoms with Gasteiger partial charge in [-0.05, 0) is 42.7 Å². The van der Waals surface area contributed by atoms with E-state index in [1.54, 1.807) is 18.5 Å². The second kappa shape index (κ2) is 8.41. The minimum absolute atomic E-state index is 0.386. The van der Waals surface area contributed by atoms with Crippen molar-refractivity contribution in [1.82, 2.24) is 19.9 Å². The van der Waals surface area contributed by atoms with E-state index in [4.69, 9.17) is 4.74 Å². The summed E-state index contributed by atoms with van der Waals surface area (Å²) in [4.78, 5) is 27.8. The Labute approximate surface area is 180 Å². The highest BCUT2D eigenvalue weighted by atomic mass is 16.5. The van der Waals surface area contributed by atoms with E-state index in [2.05, 4.69) is 48.7 Å². The first kappa shape index (κ1) is 19.6. The van der Waals surface area contributed by atoms with Gasteiger partial charge < -0.3 is 10.1 Å². The maximum atomic E-state index is 12.3. The van der Waals surface area contributed by atoms with Gasteiger partial charge in [-0.3, -0.25) is 20.2 Å². The van der Waals surface area contributed by atoms with Gasteiger partial charge in [-0.15, -0.1) is 0 Å². The highest BCUT2D eigenvalue weighted by molar-refractivity contribution is 5.99. The molecule has 0 saturated carbocycles. The van der Waals surface area contributed by atoms with E-state index < -0.39 is 0 Å². The van der Waals surface area contributed by atoms with Gasteiger partial charge in [0.25, 0.3) is 0 Å². The normalized spacial score (nSPS) is 16.3. The van der Waals surface area contributed by atoms with Gasteiger partial charge >= 0.3 is 6.03 Å². The van der Waals surface area contributed by atoms with Crippen LogP contribution in [0, 0.1) is 6.92 Å². The number of ether oxygens (including phenoxy) is 1. The number of benzene rings is 1. The van der Waals surface area contributed by atoms with E-state index in [0.29, 0.717) is 17.5 Å². The van der Waals surface area contributed by atoms with E-state index in [9.17, 15) is 4.79 Å². The fourth-order valence-corrected chi connectivity index (χ4v) is 3.87. The lowest BCUT2D eigenvalue weighted by molar-refractivity contribution is -0.0694. The molecule has 0 aliphatic carbocycles. The quantitative estimate of drug-likeness (QED) is 0.678. The molecule has 1 saturated heterocycles. The average Bonchev–Trinajstić information content (AvgIpc) is 2.74. The Morgan fingerprint density at radius 3 is 2.77 bits per heavy atom. The number of aromatic nitrogens is 3. The zero-order valence-electron chi connectivity index (χ0n) is 17.3. The van der Waals surface area contributed by atoms with Crippen molar-refractivity contribution in [1.29, 1.82) is 0 Å². The molecule has 0 spiro atoms. The topological polar surface area (TPSA) is 92.3 Å². The lowest BCUT2D eigenvalue weighted by atomic mass is 9.95. The molecule has 1 fully saturated rings. The average molecular weight is 416 g/mol. The predicted octanol–water partition coefficient (Wildman–Crippen LogP) is 3.25. The molecular formula is C23H24N6O2. The van der Waals surface area contributed by atoms with E-state index in [-0.39, 0.29) is 6.03 Å². The lowest BCUT2D eigenvalue weighted by Crippen LogP contribution is -2.50. The van der Waals surface area contributed by atoms with Crippen LogP contribution in [0.2, 0.25) is 0 Å². The SMILES string of the molecule is Cc1ccc(NC(=O)Nc2cncc(-c3ccc4c(c3)CCN(C3COC3)C4)n2)cn1. The summed E-state index contributed by atoms with van der Waals surface area (Å²) < 4.78 is 5.34. The highest BCUT2D eigenvalue weighted by Crippen LogP contribution is 2.27. The zero-order chi connectivity index (χ0) is 21.2. The fraction of sp³-hybridized carbons (Fsp3) is 0.304. The molecule has 3 aromatic rings. The van der Waals surface area contributed by atoms with Crippen LogP contribution in [0.25, 0.3) is 11.3 Å². The Balaban J connectivity index is 1.27. The van der Waals surface area contributed by atoms with Crippen molar-refractivity contribution in [3.8, 4) is 11.3 Å². The van der Waals surface area contributed by atoms with Gasteiger partial charge in [0, 0.05) is 24.3 Å². The number of pyridine rings is 1. The molecule has 0 unspecified atom stereocenters. The van der Waals surface area contributed by atoms with Crippen molar-refractivity contribution < 1.29 is 9.53 Å². The molecule has 2 N–H and O–H groups in total. The number of rotatable bonds is 4. The molecule has 1 aromatic carbocycles. The van der Waals surface area contributed by atoms with E-state index in [1.165, 1.54) is 17.3 Å². The van der Waals surface area contributed by atoms with Gasteiger partial charge in [-0.2, -0.15) is 0 Å². The van der Waals surface area contributed by atoms with Gasteiger partial charge in [-0.1, -0.05) is 12.1 Å². The maximum absolute atomic E-state index is 12.3. The molecule has 0 bridgehead atoms. The van der Waals surface area contributed by atoms with Gasteiger partial charge in [0.1, 0.15) is 0 Å². The Bertz CT molecular complexity index is 1100. The molecule has 5 rings (SSSR count).